The van der Waals surface area contributed by atoms with E-state index >= 15 is 0 Å². The summed E-state index contributed by atoms with van der Waals surface area (Å²) in [6.07, 6.45) is -2.71. The molecule has 0 bridgehead atoms. The highest BCUT2D eigenvalue weighted by Gasteiger charge is 2.31. The molecule has 1 aromatic carbocycles. The van der Waals surface area contributed by atoms with Crippen LogP contribution in [0.3, 0.4) is 0 Å². The lowest BCUT2D eigenvalue weighted by atomic mass is 10.2. The third-order valence-corrected chi connectivity index (χ3v) is 4.81. The molecule has 9 heteroatoms. The van der Waals surface area contributed by atoms with Crippen molar-refractivity contribution in [2.24, 2.45) is 0 Å². The van der Waals surface area contributed by atoms with Gasteiger partial charge in [0.2, 0.25) is 15.7 Å². The number of oxazole rings is 1. The van der Waals surface area contributed by atoms with Crippen LogP contribution < -0.4 is 0 Å². The zero-order chi connectivity index (χ0) is 18.1. The maximum atomic E-state index is 12.5. The molecule has 0 saturated heterocycles. The topological polar surface area (TPSA) is 73.1 Å². The zero-order valence-corrected chi connectivity index (χ0v) is 13.4. The van der Waals surface area contributed by atoms with Crippen molar-refractivity contribution in [2.75, 3.05) is 0 Å². The number of alkyl halides is 3. The molecule has 0 aliphatic heterocycles. The minimum Gasteiger partial charge on any atom is -0.440 e. The summed E-state index contributed by atoms with van der Waals surface area (Å²) >= 11 is 0. The molecule has 0 unspecified atom stereocenters. The molecule has 0 spiro atoms. The van der Waals surface area contributed by atoms with E-state index in [0.717, 1.165) is 11.6 Å². The Kier molecular flexibility index (Phi) is 4.34. The molecule has 2 heterocycles. The Morgan fingerprint density at radius 2 is 1.68 bits per heavy atom. The fourth-order valence-electron chi connectivity index (χ4n) is 2.08. The Morgan fingerprint density at radius 1 is 0.960 bits per heavy atom. The molecular formula is C16H11F3N2O3S. The van der Waals surface area contributed by atoms with E-state index < -0.39 is 32.4 Å². The summed E-state index contributed by atoms with van der Waals surface area (Å²) in [4.78, 5) is 7.31. The average Bonchev–Trinajstić information content (AvgIpc) is 3.03. The van der Waals surface area contributed by atoms with Gasteiger partial charge in [0.05, 0.1) is 11.8 Å². The highest BCUT2D eigenvalue weighted by Crippen LogP contribution is 2.29. The number of hydrogen-bond donors (Lipinski definition) is 0. The summed E-state index contributed by atoms with van der Waals surface area (Å²) < 4.78 is 67.5. The highest BCUT2D eigenvalue weighted by atomic mass is 32.2. The largest absolute Gasteiger partial charge is 0.440 e. The van der Waals surface area contributed by atoms with Crippen molar-refractivity contribution < 1.29 is 26.0 Å². The first-order chi connectivity index (χ1) is 11.8. The highest BCUT2D eigenvalue weighted by molar-refractivity contribution is 7.90. The minimum absolute atomic E-state index is 0.0689. The second-order valence-electron chi connectivity index (χ2n) is 5.13. The lowest BCUT2D eigenvalue weighted by Gasteiger charge is -2.06. The molecule has 0 aliphatic rings. The number of pyridine rings is 1. The third kappa shape index (κ3) is 3.87. The molecule has 25 heavy (non-hydrogen) atoms. The van der Waals surface area contributed by atoms with Crippen LogP contribution >= 0.6 is 0 Å². The van der Waals surface area contributed by atoms with Crippen LogP contribution in [0.5, 0.6) is 0 Å². The van der Waals surface area contributed by atoms with Crippen molar-refractivity contribution in [3.05, 3.63) is 66.3 Å². The first-order valence-electron chi connectivity index (χ1n) is 7.02. The normalized spacial score (nSPS) is 12.3. The van der Waals surface area contributed by atoms with Gasteiger partial charge in [-0.05, 0) is 12.1 Å². The Bertz CT molecular complexity index is 966. The van der Waals surface area contributed by atoms with Crippen LogP contribution in [-0.4, -0.2) is 18.4 Å². The van der Waals surface area contributed by atoms with Gasteiger partial charge in [-0.2, -0.15) is 13.2 Å². The summed E-state index contributed by atoms with van der Waals surface area (Å²) in [5.74, 6) is -0.273. The van der Waals surface area contributed by atoms with Gasteiger partial charge in [0, 0.05) is 11.8 Å². The predicted octanol–water partition coefficient (Wildman–Crippen LogP) is 3.73. The van der Waals surface area contributed by atoms with Crippen LogP contribution in [0.1, 0.15) is 11.5 Å². The summed E-state index contributed by atoms with van der Waals surface area (Å²) in [7, 11) is -3.98. The van der Waals surface area contributed by atoms with Gasteiger partial charge in [0.15, 0.2) is 10.8 Å². The molecule has 0 atom stereocenters. The molecule has 0 N–H and O–H groups in total. The number of rotatable bonds is 4. The number of nitrogens with zero attached hydrogens (tertiary/aromatic N) is 2. The maximum absolute atomic E-state index is 12.5. The lowest BCUT2D eigenvalue weighted by Crippen LogP contribution is -2.10. The molecule has 130 valence electrons. The van der Waals surface area contributed by atoms with Crippen molar-refractivity contribution in [3.8, 4) is 11.3 Å². The van der Waals surface area contributed by atoms with Crippen LogP contribution in [0, 0.1) is 0 Å². The second kappa shape index (κ2) is 6.32. The number of hydrogen-bond acceptors (Lipinski definition) is 5. The van der Waals surface area contributed by atoms with Gasteiger partial charge in [-0.15, -0.1) is 0 Å². The summed E-state index contributed by atoms with van der Waals surface area (Å²) in [6, 6.07) is 10.4. The average molecular weight is 368 g/mol. The molecule has 0 aliphatic carbocycles. The van der Waals surface area contributed by atoms with Crippen LogP contribution in [-0.2, 0) is 21.8 Å². The van der Waals surface area contributed by atoms with E-state index in [1.807, 2.05) is 6.07 Å². The molecule has 0 saturated carbocycles. The van der Waals surface area contributed by atoms with Gasteiger partial charge >= 0.3 is 6.18 Å². The summed E-state index contributed by atoms with van der Waals surface area (Å²) in [5.41, 5.74) is -0.291. The van der Waals surface area contributed by atoms with Crippen molar-refractivity contribution in [2.45, 2.75) is 17.0 Å². The molecule has 3 rings (SSSR count). The zero-order valence-electron chi connectivity index (χ0n) is 12.6. The Morgan fingerprint density at radius 3 is 2.28 bits per heavy atom. The van der Waals surface area contributed by atoms with Gasteiger partial charge in [-0.25, -0.2) is 18.4 Å². The predicted molar refractivity (Wildman–Crippen MR) is 82.1 cm³/mol. The van der Waals surface area contributed by atoms with Gasteiger partial charge in [0.1, 0.15) is 5.75 Å². The SMILES string of the molecule is O=S(=O)(Cc1ncc(-c2ccccc2)o1)c1ccc(C(F)(F)F)cn1. The Labute approximate surface area is 141 Å². The Hall–Kier alpha value is -2.68. The van der Waals surface area contributed by atoms with Crippen molar-refractivity contribution >= 4 is 9.84 Å². The number of aromatic nitrogens is 2. The third-order valence-electron chi connectivity index (χ3n) is 3.31. The van der Waals surface area contributed by atoms with Crippen LogP contribution in [0.2, 0.25) is 0 Å². The standard InChI is InChI=1S/C16H11F3N2O3S/c17-16(18,19)12-6-7-15(21-8-12)25(22,23)10-14-20-9-13(24-14)11-4-2-1-3-5-11/h1-9H,10H2. The van der Waals surface area contributed by atoms with Gasteiger partial charge in [-0.3, -0.25) is 0 Å². The Balaban J connectivity index is 1.81. The van der Waals surface area contributed by atoms with E-state index in [1.165, 1.54) is 6.20 Å². The van der Waals surface area contributed by atoms with E-state index in [4.69, 9.17) is 4.42 Å². The van der Waals surface area contributed by atoms with Crippen LogP contribution in [0.4, 0.5) is 13.2 Å². The van der Waals surface area contributed by atoms with E-state index in [-0.39, 0.29) is 5.89 Å². The first kappa shape index (κ1) is 17.2. The first-order valence-corrected chi connectivity index (χ1v) is 8.67. The molecule has 0 radical (unpaired) electrons. The fraction of sp³-hybridized carbons (Fsp3) is 0.125. The van der Waals surface area contributed by atoms with E-state index in [0.29, 0.717) is 18.0 Å². The number of halogens is 3. The van der Waals surface area contributed by atoms with Crippen molar-refractivity contribution in [1.29, 1.82) is 0 Å². The second-order valence-corrected chi connectivity index (χ2v) is 7.06. The smallest absolute Gasteiger partial charge is 0.417 e. The van der Waals surface area contributed by atoms with Crippen molar-refractivity contribution in [3.63, 3.8) is 0 Å². The molecule has 2 aromatic heterocycles. The van der Waals surface area contributed by atoms with Gasteiger partial charge < -0.3 is 4.42 Å². The molecule has 0 fully saturated rings. The number of sulfone groups is 1. The fourth-order valence-corrected chi connectivity index (χ4v) is 3.18. The minimum atomic E-state index is -4.58. The van der Waals surface area contributed by atoms with Gasteiger partial charge in [0.25, 0.3) is 0 Å². The monoisotopic (exact) mass is 368 g/mol. The van der Waals surface area contributed by atoms with E-state index in [9.17, 15) is 21.6 Å². The molecule has 3 aromatic rings. The summed E-state index contributed by atoms with van der Waals surface area (Å²) in [5, 5.41) is -0.472. The molecular weight excluding hydrogens is 357 g/mol. The van der Waals surface area contributed by atoms with E-state index in [2.05, 4.69) is 9.97 Å². The van der Waals surface area contributed by atoms with Crippen LogP contribution in [0.15, 0.2) is 64.3 Å². The van der Waals surface area contributed by atoms with Gasteiger partial charge in [-0.1, -0.05) is 30.3 Å². The van der Waals surface area contributed by atoms with Crippen LogP contribution in [0.25, 0.3) is 11.3 Å². The summed E-state index contributed by atoms with van der Waals surface area (Å²) in [6.45, 7) is 0. The van der Waals surface area contributed by atoms with E-state index in [1.54, 1.807) is 24.3 Å². The van der Waals surface area contributed by atoms with Crippen molar-refractivity contribution in [1.82, 2.24) is 9.97 Å². The number of benzene rings is 1. The quantitative estimate of drug-likeness (QED) is 0.702. The maximum Gasteiger partial charge on any atom is 0.417 e. The molecule has 5 nitrogen and oxygen atoms in total. The molecule has 0 amide bonds. The lowest BCUT2D eigenvalue weighted by molar-refractivity contribution is -0.137.